The summed E-state index contributed by atoms with van der Waals surface area (Å²) in [5.41, 5.74) is 0. The van der Waals surface area contributed by atoms with Gasteiger partial charge in [0.15, 0.2) is 0 Å². The molecule has 0 aliphatic carbocycles. The molecule has 0 saturated carbocycles. The van der Waals surface area contributed by atoms with Gasteiger partial charge < -0.3 is 0 Å². The lowest BCUT2D eigenvalue weighted by Gasteiger charge is -2.17. The summed E-state index contributed by atoms with van der Waals surface area (Å²) in [5, 5.41) is 0. The van der Waals surface area contributed by atoms with Crippen molar-refractivity contribution in [1.82, 2.24) is 0 Å². The number of hydrogen-bond donors (Lipinski definition) is 0. The van der Waals surface area contributed by atoms with Crippen LogP contribution in [0.3, 0.4) is 0 Å². The molecule has 0 aromatic rings. The van der Waals surface area contributed by atoms with Gasteiger partial charge in [-0.25, -0.2) is 8.78 Å². The summed E-state index contributed by atoms with van der Waals surface area (Å²) in [4.78, 5) is 0. The predicted molar refractivity (Wildman–Crippen MR) is 62.3 cm³/mol. The molecule has 0 atom stereocenters. The van der Waals surface area contributed by atoms with E-state index in [0.29, 0.717) is 24.7 Å². The van der Waals surface area contributed by atoms with Gasteiger partial charge in [-0.3, -0.25) is 0 Å². The quantitative estimate of drug-likeness (QED) is 0.522. The Balaban J connectivity index is 3.57. The predicted octanol–water partition coefficient (Wildman–Crippen LogP) is 5.27. The van der Waals surface area contributed by atoms with E-state index in [1.165, 1.54) is 0 Å². The molecule has 0 radical (unpaired) electrons. The van der Waals surface area contributed by atoms with Crippen molar-refractivity contribution >= 4 is 0 Å². The van der Waals surface area contributed by atoms with E-state index in [-0.39, 0.29) is 12.8 Å². The molecule has 0 spiro atoms. The first-order chi connectivity index (χ1) is 6.83. The fraction of sp³-hybridized carbons (Fsp3) is 1.00. The van der Waals surface area contributed by atoms with Crippen molar-refractivity contribution in [1.29, 1.82) is 0 Å². The fourth-order valence-corrected chi connectivity index (χ4v) is 1.66. The van der Waals surface area contributed by atoms with Crippen LogP contribution in [0.5, 0.6) is 0 Å². The lowest BCUT2D eigenvalue weighted by molar-refractivity contribution is -0.0216. The third kappa shape index (κ3) is 10.1. The van der Waals surface area contributed by atoms with E-state index in [1.807, 2.05) is 0 Å². The van der Waals surface area contributed by atoms with Crippen molar-refractivity contribution in [3.63, 3.8) is 0 Å². The van der Waals surface area contributed by atoms with Gasteiger partial charge in [0.1, 0.15) is 0 Å². The topological polar surface area (TPSA) is 0 Å². The molecule has 0 amide bonds. The maximum Gasteiger partial charge on any atom is 0.248 e. The second-order valence-electron chi connectivity index (χ2n) is 5.43. The van der Waals surface area contributed by atoms with Crippen LogP contribution in [0.4, 0.5) is 8.78 Å². The van der Waals surface area contributed by atoms with Crippen LogP contribution in [0, 0.1) is 11.8 Å². The highest BCUT2D eigenvalue weighted by Gasteiger charge is 2.27. The van der Waals surface area contributed by atoms with Gasteiger partial charge in [0.25, 0.3) is 0 Å². The molecule has 92 valence electrons. The first kappa shape index (κ1) is 14.9. The number of alkyl halides is 2. The van der Waals surface area contributed by atoms with Crippen LogP contribution in [-0.2, 0) is 0 Å². The van der Waals surface area contributed by atoms with E-state index in [2.05, 4.69) is 27.7 Å². The fourth-order valence-electron chi connectivity index (χ4n) is 1.66. The highest BCUT2D eigenvalue weighted by atomic mass is 19.3. The zero-order valence-corrected chi connectivity index (χ0v) is 10.7. The van der Waals surface area contributed by atoms with Crippen molar-refractivity contribution in [2.75, 3.05) is 0 Å². The van der Waals surface area contributed by atoms with Gasteiger partial charge in [0, 0.05) is 12.8 Å². The first-order valence-electron chi connectivity index (χ1n) is 6.21. The molecular weight excluding hydrogens is 194 g/mol. The smallest absolute Gasteiger partial charge is 0.207 e. The maximum atomic E-state index is 13.3. The van der Waals surface area contributed by atoms with E-state index >= 15 is 0 Å². The van der Waals surface area contributed by atoms with Gasteiger partial charge in [0.05, 0.1) is 0 Å². The molecule has 0 aromatic carbocycles. The van der Waals surface area contributed by atoms with Crippen LogP contribution < -0.4 is 0 Å². The Morgan fingerprint density at radius 3 is 1.40 bits per heavy atom. The van der Waals surface area contributed by atoms with Crippen molar-refractivity contribution in [2.45, 2.75) is 72.1 Å². The van der Waals surface area contributed by atoms with E-state index in [9.17, 15) is 8.78 Å². The van der Waals surface area contributed by atoms with Gasteiger partial charge in [0.2, 0.25) is 5.92 Å². The number of hydrogen-bond acceptors (Lipinski definition) is 0. The Kier molecular flexibility index (Phi) is 7.12. The molecule has 0 nitrogen and oxygen atoms in total. The molecule has 2 heteroatoms. The van der Waals surface area contributed by atoms with E-state index < -0.39 is 5.92 Å². The minimum Gasteiger partial charge on any atom is -0.207 e. The molecule has 0 bridgehead atoms. The van der Waals surface area contributed by atoms with Crippen molar-refractivity contribution in [2.24, 2.45) is 11.8 Å². The molecule has 0 aliphatic heterocycles. The van der Waals surface area contributed by atoms with Crippen LogP contribution in [-0.4, -0.2) is 5.92 Å². The zero-order valence-electron chi connectivity index (χ0n) is 10.7. The normalized spacial score (nSPS) is 12.8. The molecular formula is C13H26F2. The molecule has 15 heavy (non-hydrogen) atoms. The molecule has 0 N–H and O–H groups in total. The second-order valence-corrected chi connectivity index (χ2v) is 5.43. The minimum atomic E-state index is -2.43. The van der Waals surface area contributed by atoms with Gasteiger partial charge in [-0.15, -0.1) is 0 Å². The second kappa shape index (κ2) is 7.19. The highest BCUT2D eigenvalue weighted by Crippen LogP contribution is 2.28. The SMILES string of the molecule is CC(C)CCCC(F)(F)CCCC(C)C. The molecule has 0 aliphatic rings. The first-order valence-corrected chi connectivity index (χ1v) is 6.21. The average Bonchev–Trinajstić information content (AvgIpc) is 2.01. The van der Waals surface area contributed by atoms with Crippen LogP contribution in [0.25, 0.3) is 0 Å². The zero-order chi connectivity index (χ0) is 11.9. The van der Waals surface area contributed by atoms with Gasteiger partial charge in [-0.1, -0.05) is 40.5 Å². The molecule has 0 aromatic heterocycles. The van der Waals surface area contributed by atoms with Crippen LogP contribution in [0.1, 0.15) is 66.2 Å². The highest BCUT2D eigenvalue weighted by molar-refractivity contribution is 4.67. The van der Waals surface area contributed by atoms with Crippen molar-refractivity contribution in [3.05, 3.63) is 0 Å². The van der Waals surface area contributed by atoms with E-state index in [4.69, 9.17) is 0 Å². The van der Waals surface area contributed by atoms with E-state index in [1.54, 1.807) is 0 Å². The number of rotatable bonds is 8. The third-order valence-electron chi connectivity index (χ3n) is 2.65. The van der Waals surface area contributed by atoms with Gasteiger partial charge in [-0.05, 0) is 24.7 Å². The Morgan fingerprint density at radius 1 is 0.800 bits per heavy atom. The monoisotopic (exact) mass is 220 g/mol. The van der Waals surface area contributed by atoms with Gasteiger partial charge >= 0.3 is 0 Å². The summed E-state index contributed by atoms with van der Waals surface area (Å²) < 4.78 is 26.6. The molecule has 0 unspecified atom stereocenters. The summed E-state index contributed by atoms with van der Waals surface area (Å²) in [6.07, 6.45) is 3.30. The van der Waals surface area contributed by atoms with Crippen LogP contribution in [0.15, 0.2) is 0 Å². The summed E-state index contributed by atoms with van der Waals surface area (Å²) in [5.74, 6) is -1.35. The van der Waals surface area contributed by atoms with Crippen LogP contribution >= 0.6 is 0 Å². The largest absolute Gasteiger partial charge is 0.248 e. The summed E-state index contributed by atoms with van der Waals surface area (Å²) in [7, 11) is 0. The third-order valence-corrected chi connectivity index (χ3v) is 2.65. The Hall–Kier alpha value is -0.140. The molecule has 0 saturated heterocycles. The summed E-state index contributed by atoms with van der Waals surface area (Å²) in [6.45, 7) is 8.32. The Bertz CT molecular complexity index is 135. The van der Waals surface area contributed by atoms with Crippen LogP contribution in [0.2, 0.25) is 0 Å². The molecule has 0 rings (SSSR count). The minimum absolute atomic E-state index is 0.0727. The number of halogens is 2. The summed E-state index contributed by atoms with van der Waals surface area (Å²) >= 11 is 0. The molecule has 0 heterocycles. The average molecular weight is 220 g/mol. The Morgan fingerprint density at radius 2 is 1.13 bits per heavy atom. The standard InChI is InChI=1S/C13H26F2/c1-11(2)7-5-9-13(14,15)10-6-8-12(3)4/h11-12H,5-10H2,1-4H3. The summed E-state index contributed by atoms with van der Waals surface area (Å²) in [6, 6.07) is 0. The molecule has 0 fully saturated rings. The maximum absolute atomic E-state index is 13.3. The van der Waals surface area contributed by atoms with Crippen molar-refractivity contribution < 1.29 is 8.78 Å². The lowest BCUT2D eigenvalue weighted by Crippen LogP contribution is -2.16. The Labute approximate surface area is 93.4 Å². The lowest BCUT2D eigenvalue weighted by atomic mass is 9.99. The van der Waals surface area contributed by atoms with Crippen molar-refractivity contribution in [3.8, 4) is 0 Å². The van der Waals surface area contributed by atoms with E-state index in [0.717, 1.165) is 12.8 Å². The van der Waals surface area contributed by atoms with Gasteiger partial charge in [-0.2, -0.15) is 0 Å².